The van der Waals surface area contributed by atoms with Gasteiger partial charge in [-0.2, -0.15) is 0 Å². The van der Waals surface area contributed by atoms with Crippen LogP contribution < -0.4 is 0 Å². The fraction of sp³-hybridized carbons (Fsp3) is 0.0870. The Hall–Kier alpha value is -3.58. The van der Waals surface area contributed by atoms with Gasteiger partial charge in [-0.15, -0.1) is 0 Å². The first-order valence-corrected chi connectivity index (χ1v) is 10.0. The van der Waals surface area contributed by atoms with Gasteiger partial charge in [0.1, 0.15) is 17.5 Å². The van der Waals surface area contributed by atoms with E-state index in [0.29, 0.717) is 16.3 Å². The summed E-state index contributed by atoms with van der Waals surface area (Å²) in [7, 11) is 0. The van der Waals surface area contributed by atoms with Crippen molar-refractivity contribution in [2.75, 3.05) is 0 Å². The van der Waals surface area contributed by atoms with Gasteiger partial charge in [-0.25, -0.2) is 9.78 Å². The topological polar surface area (TPSA) is 92.3 Å². The van der Waals surface area contributed by atoms with Crippen LogP contribution in [0.5, 0.6) is 0 Å². The normalized spacial score (nSPS) is 11.3. The van der Waals surface area contributed by atoms with E-state index >= 15 is 0 Å². The molecule has 7 heteroatoms. The number of para-hydroxylation sites is 2. The summed E-state index contributed by atoms with van der Waals surface area (Å²) in [4.78, 5) is 32.7. The second-order valence-corrected chi connectivity index (χ2v) is 7.44. The molecule has 0 bridgehead atoms. The van der Waals surface area contributed by atoms with Crippen LogP contribution >= 0.6 is 12.0 Å². The molecular formula is C23H18N2O4S. The molecule has 4 aromatic rings. The second-order valence-electron chi connectivity index (χ2n) is 6.72. The van der Waals surface area contributed by atoms with E-state index in [4.69, 9.17) is 4.18 Å². The van der Waals surface area contributed by atoms with Gasteiger partial charge in [0.25, 0.3) is 0 Å². The summed E-state index contributed by atoms with van der Waals surface area (Å²) in [5, 5.41) is 10.1. The van der Waals surface area contributed by atoms with Gasteiger partial charge in [0.15, 0.2) is 0 Å². The van der Waals surface area contributed by atoms with E-state index < -0.39 is 23.8 Å². The van der Waals surface area contributed by atoms with Crippen LogP contribution in [0.25, 0.3) is 11.0 Å². The number of aliphatic carboxylic acids is 1. The zero-order valence-corrected chi connectivity index (χ0v) is 16.6. The van der Waals surface area contributed by atoms with Crippen LogP contribution in [0.15, 0.2) is 90.1 Å². The molecule has 30 heavy (non-hydrogen) atoms. The average molecular weight is 418 g/mol. The van der Waals surface area contributed by atoms with Crippen LogP contribution in [0.4, 0.5) is 0 Å². The van der Waals surface area contributed by atoms with Gasteiger partial charge in [-0.3, -0.25) is 4.79 Å². The minimum atomic E-state index is -1.49. The molecule has 0 saturated carbocycles. The molecule has 0 radical (unpaired) electrons. The third-order valence-corrected chi connectivity index (χ3v) is 5.45. The van der Waals surface area contributed by atoms with Crippen LogP contribution in [0.1, 0.15) is 17.5 Å². The van der Waals surface area contributed by atoms with Crippen molar-refractivity contribution in [2.24, 2.45) is 0 Å². The highest BCUT2D eigenvalue weighted by molar-refractivity contribution is 7.94. The number of nitrogens with one attached hydrogen (secondary N) is 1. The third-order valence-electron chi connectivity index (χ3n) is 4.86. The number of imidazole rings is 1. The van der Waals surface area contributed by atoms with Crippen LogP contribution in [0.2, 0.25) is 0 Å². The summed E-state index contributed by atoms with van der Waals surface area (Å²) in [5.41, 5.74) is 1.17. The fourth-order valence-electron chi connectivity index (χ4n) is 3.47. The standard InChI is InChI=1S/C23H18N2O4S/c26-20(27)15-23(16-9-3-1-4-10-16,17-11-5-2-6-12-17)21(28)29-30-22-24-18-13-7-8-14-19(18)25-22/h1-14H,15H2,(H,24,25)(H,26,27). The number of hydrogen-bond acceptors (Lipinski definition) is 5. The van der Waals surface area contributed by atoms with Crippen molar-refractivity contribution in [1.29, 1.82) is 0 Å². The Morgan fingerprint density at radius 2 is 1.47 bits per heavy atom. The Balaban J connectivity index is 1.72. The summed E-state index contributed by atoms with van der Waals surface area (Å²) in [6.07, 6.45) is -0.444. The zero-order chi connectivity index (χ0) is 21.0. The third kappa shape index (κ3) is 3.79. The SMILES string of the molecule is O=C(O)CC(C(=O)OSc1nc2ccccc2[nH]1)(c1ccccc1)c1ccccc1. The van der Waals surface area contributed by atoms with E-state index in [0.717, 1.165) is 23.1 Å². The van der Waals surface area contributed by atoms with E-state index in [-0.39, 0.29) is 0 Å². The summed E-state index contributed by atoms with van der Waals surface area (Å²) < 4.78 is 5.55. The Morgan fingerprint density at radius 3 is 2.03 bits per heavy atom. The zero-order valence-electron chi connectivity index (χ0n) is 15.8. The predicted octanol–water partition coefficient (Wildman–Crippen LogP) is 4.57. The molecule has 1 aromatic heterocycles. The number of carboxylic acid groups (broad SMARTS) is 1. The lowest BCUT2D eigenvalue weighted by atomic mass is 9.72. The molecule has 0 atom stereocenters. The Morgan fingerprint density at radius 1 is 0.900 bits per heavy atom. The lowest BCUT2D eigenvalue weighted by Crippen LogP contribution is -2.40. The Bertz CT molecular complexity index is 1100. The number of H-pyrrole nitrogens is 1. The molecule has 0 unspecified atom stereocenters. The van der Waals surface area contributed by atoms with Crippen molar-refractivity contribution in [2.45, 2.75) is 17.0 Å². The molecule has 150 valence electrons. The van der Waals surface area contributed by atoms with E-state index in [9.17, 15) is 14.7 Å². The minimum Gasteiger partial charge on any atom is -0.481 e. The number of aromatic nitrogens is 2. The number of aromatic amines is 1. The van der Waals surface area contributed by atoms with Gasteiger partial charge >= 0.3 is 11.9 Å². The first-order chi connectivity index (χ1) is 14.6. The number of carbonyl (C=O) groups is 2. The van der Waals surface area contributed by atoms with E-state index in [2.05, 4.69) is 9.97 Å². The summed E-state index contributed by atoms with van der Waals surface area (Å²) in [5.74, 6) is -1.78. The molecule has 0 saturated heterocycles. The second kappa shape index (κ2) is 8.42. The summed E-state index contributed by atoms with van der Waals surface area (Å²) in [6.45, 7) is 0. The molecule has 4 rings (SSSR count). The van der Waals surface area contributed by atoms with Gasteiger partial charge in [0.05, 0.1) is 17.5 Å². The maximum absolute atomic E-state index is 13.4. The molecule has 0 aliphatic carbocycles. The molecule has 0 fully saturated rings. The minimum absolute atomic E-state index is 0.412. The van der Waals surface area contributed by atoms with Crippen LogP contribution in [0.3, 0.4) is 0 Å². The number of nitrogens with zero attached hydrogens (tertiary/aromatic N) is 1. The van der Waals surface area contributed by atoms with Crippen LogP contribution in [-0.4, -0.2) is 27.0 Å². The van der Waals surface area contributed by atoms with Crippen molar-refractivity contribution < 1.29 is 18.9 Å². The molecular weight excluding hydrogens is 400 g/mol. The van der Waals surface area contributed by atoms with Gasteiger partial charge < -0.3 is 14.3 Å². The Labute approximate surface area is 177 Å². The monoisotopic (exact) mass is 418 g/mol. The van der Waals surface area contributed by atoms with Gasteiger partial charge in [0, 0.05) is 0 Å². The maximum atomic E-state index is 13.4. The first-order valence-electron chi connectivity index (χ1n) is 9.26. The lowest BCUT2D eigenvalue weighted by Gasteiger charge is -2.30. The smallest absolute Gasteiger partial charge is 0.334 e. The molecule has 2 N–H and O–H groups in total. The molecule has 6 nitrogen and oxygen atoms in total. The largest absolute Gasteiger partial charge is 0.481 e. The van der Waals surface area contributed by atoms with Crippen LogP contribution in [0, 0.1) is 0 Å². The highest BCUT2D eigenvalue weighted by atomic mass is 32.2. The number of rotatable bonds is 7. The van der Waals surface area contributed by atoms with Crippen molar-refractivity contribution in [3.8, 4) is 0 Å². The van der Waals surface area contributed by atoms with E-state index in [1.165, 1.54) is 0 Å². The summed E-state index contributed by atoms with van der Waals surface area (Å²) >= 11 is 0.788. The van der Waals surface area contributed by atoms with Gasteiger partial charge in [-0.05, 0) is 23.3 Å². The van der Waals surface area contributed by atoms with Crippen molar-refractivity contribution in [3.63, 3.8) is 0 Å². The molecule has 1 heterocycles. The number of fused-ring (bicyclic) bond motifs is 1. The highest BCUT2D eigenvalue weighted by Crippen LogP contribution is 2.39. The molecule has 0 amide bonds. The fourth-order valence-corrected chi connectivity index (χ4v) is 4.05. The average Bonchev–Trinajstić information content (AvgIpc) is 3.20. The van der Waals surface area contributed by atoms with Crippen molar-refractivity contribution in [3.05, 3.63) is 96.1 Å². The molecule has 0 aliphatic heterocycles. The lowest BCUT2D eigenvalue weighted by molar-refractivity contribution is -0.146. The predicted molar refractivity (Wildman–Crippen MR) is 114 cm³/mol. The van der Waals surface area contributed by atoms with Gasteiger partial charge in [-0.1, -0.05) is 72.8 Å². The van der Waals surface area contributed by atoms with E-state index in [1.807, 2.05) is 36.4 Å². The van der Waals surface area contributed by atoms with Gasteiger partial charge in [0.2, 0.25) is 5.16 Å². The quantitative estimate of drug-likeness (QED) is 0.427. The van der Waals surface area contributed by atoms with E-state index in [1.54, 1.807) is 48.5 Å². The molecule has 0 aliphatic rings. The summed E-state index contributed by atoms with van der Waals surface area (Å²) in [6, 6.07) is 25.1. The number of benzene rings is 3. The molecule has 3 aromatic carbocycles. The first kappa shape index (κ1) is 19.7. The van der Waals surface area contributed by atoms with Crippen molar-refractivity contribution >= 4 is 35.0 Å². The van der Waals surface area contributed by atoms with Crippen molar-refractivity contribution in [1.82, 2.24) is 9.97 Å². The molecule has 0 spiro atoms. The number of hydrogen-bond donors (Lipinski definition) is 2. The maximum Gasteiger partial charge on any atom is 0.334 e. The highest BCUT2D eigenvalue weighted by Gasteiger charge is 2.46. The number of carbonyl (C=O) groups excluding carboxylic acids is 1. The van der Waals surface area contributed by atoms with Crippen LogP contribution in [-0.2, 0) is 19.2 Å². The number of carboxylic acids is 1. The Kier molecular flexibility index (Phi) is 5.54.